The predicted octanol–water partition coefficient (Wildman–Crippen LogP) is 3.47. The van der Waals surface area contributed by atoms with Crippen LogP contribution >= 0.6 is 0 Å². The first-order valence-electron chi connectivity index (χ1n) is 7.90. The van der Waals surface area contributed by atoms with Crippen LogP contribution in [0.3, 0.4) is 0 Å². The summed E-state index contributed by atoms with van der Waals surface area (Å²) in [7, 11) is 0. The third-order valence-electron chi connectivity index (χ3n) is 4.99. The molecule has 0 radical (unpaired) electrons. The van der Waals surface area contributed by atoms with Gasteiger partial charge in [0, 0.05) is 12.0 Å². The summed E-state index contributed by atoms with van der Waals surface area (Å²) in [5, 5.41) is 10.7. The van der Waals surface area contributed by atoms with Crippen molar-refractivity contribution in [3.63, 3.8) is 0 Å². The molecule has 2 rings (SSSR count). The molecule has 1 fully saturated rings. The Labute approximate surface area is 123 Å². The van der Waals surface area contributed by atoms with E-state index in [4.69, 9.17) is 0 Å². The average Bonchev–Trinajstić information content (AvgIpc) is 2.44. The van der Waals surface area contributed by atoms with Crippen LogP contribution in [-0.2, 0) is 6.42 Å². The summed E-state index contributed by atoms with van der Waals surface area (Å²) in [4.78, 5) is 2.46. The molecule has 1 atom stereocenters. The van der Waals surface area contributed by atoms with E-state index in [1.165, 1.54) is 36.0 Å². The van der Waals surface area contributed by atoms with Gasteiger partial charge in [0.05, 0.1) is 6.10 Å². The minimum atomic E-state index is -0.317. The predicted molar refractivity (Wildman–Crippen MR) is 85.1 cm³/mol. The van der Waals surface area contributed by atoms with Crippen LogP contribution in [0.1, 0.15) is 49.8 Å². The average molecular weight is 275 g/mol. The van der Waals surface area contributed by atoms with E-state index in [2.05, 4.69) is 50.8 Å². The summed E-state index contributed by atoms with van der Waals surface area (Å²) in [6.45, 7) is 10.9. The molecule has 20 heavy (non-hydrogen) atoms. The van der Waals surface area contributed by atoms with E-state index in [0.717, 1.165) is 19.5 Å². The summed E-state index contributed by atoms with van der Waals surface area (Å²) in [6.07, 6.45) is 4.28. The Morgan fingerprint density at radius 2 is 1.75 bits per heavy atom. The number of aliphatic hydroxyl groups is 1. The molecule has 2 nitrogen and oxygen atoms in total. The maximum atomic E-state index is 10.7. The highest BCUT2D eigenvalue weighted by Crippen LogP contribution is 2.26. The molecule has 0 aromatic heterocycles. The van der Waals surface area contributed by atoms with Gasteiger partial charge in [-0.05, 0) is 70.3 Å². The highest BCUT2D eigenvalue weighted by Gasteiger charge is 2.34. The number of benzene rings is 1. The quantitative estimate of drug-likeness (QED) is 0.909. The van der Waals surface area contributed by atoms with Crippen LogP contribution in [0.2, 0.25) is 0 Å². The van der Waals surface area contributed by atoms with Crippen LogP contribution in [0.4, 0.5) is 0 Å². The second-order valence-electron chi connectivity index (χ2n) is 6.84. The lowest BCUT2D eigenvalue weighted by molar-refractivity contribution is -0.0187. The highest BCUT2D eigenvalue weighted by atomic mass is 16.3. The van der Waals surface area contributed by atoms with Gasteiger partial charge in [0.15, 0.2) is 0 Å². The highest BCUT2D eigenvalue weighted by molar-refractivity contribution is 5.30. The molecule has 1 aliphatic heterocycles. The van der Waals surface area contributed by atoms with E-state index in [1.54, 1.807) is 0 Å². The van der Waals surface area contributed by atoms with Gasteiger partial charge in [-0.3, -0.25) is 4.90 Å². The van der Waals surface area contributed by atoms with Gasteiger partial charge >= 0.3 is 0 Å². The third kappa shape index (κ3) is 3.42. The molecule has 1 heterocycles. The normalized spacial score (nSPS) is 19.1. The number of aliphatic hydroxyl groups excluding tert-OH is 1. The van der Waals surface area contributed by atoms with Gasteiger partial charge in [0.25, 0.3) is 0 Å². The molecule has 1 aliphatic rings. The molecule has 0 aliphatic carbocycles. The first-order chi connectivity index (χ1) is 9.41. The van der Waals surface area contributed by atoms with E-state index in [9.17, 15) is 5.11 Å². The molecule has 0 saturated carbocycles. The number of rotatable bonds is 4. The number of piperidine rings is 1. The van der Waals surface area contributed by atoms with Gasteiger partial charge in [-0.2, -0.15) is 0 Å². The van der Waals surface area contributed by atoms with E-state index in [-0.39, 0.29) is 11.6 Å². The molecule has 1 unspecified atom stereocenters. The molecule has 0 spiro atoms. The maximum Gasteiger partial charge on any atom is 0.0758 e. The van der Waals surface area contributed by atoms with Crippen molar-refractivity contribution in [2.45, 2.75) is 65.0 Å². The van der Waals surface area contributed by atoms with Crippen molar-refractivity contribution in [2.24, 2.45) is 0 Å². The van der Waals surface area contributed by atoms with E-state index in [0.29, 0.717) is 0 Å². The minimum Gasteiger partial charge on any atom is -0.391 e. The van der Waals surface area contributed by atoms with E-state index in [1.807, 2.05) is 0 Å². The smallest absolute Gasteiger partial charge is 0.0758 e. The van der Waals surface area contributed by atoms with Crippen LogP contribution in [0.25, 0.3) is 0 Å². The molecular weight excluding hydrogens is 246 g/mol. The van der Waals surface area contributed by atoms with Crippen molar-refractivity contribution in [2.75, 3.05) is 13.1 Å². The fourth-order valence-corrected chi connectivity index (χ4v) is 3.08. The Morgan fingerprint density at radius 1 is 1.10 bits per heavy atom. The topological polar surface area (TPSA) is 23.5 Å². The van der Waals surface area contributed by atoms with Crippen LogP contribution in [0, 0.1) is 13.8 Å². The SMILES string of the molecule is Cc1ccc(CC(O)C(C)(C)N2CCCCC2)cc1C. The van der Waals surface area contributed by atoms with Crippen molar-refractivity contribution in [3.8, 4) is 0 Å². The van der Waals surface area contributed by atoms with Crippen molar-refractivity contribution in [1.82, 2.24) is 4.90 Å². The second-order valence-corrected chi connectivity index (χ2v) is 6.84. The Morgan fingerprint density at radius 3 is 2.35 bits per heavy atom. The summed E-state index contributed by atoms with van der Waals surface area (Å²) >= 11 is 0. The molecule has 1 aromatic rings. The van der Waals surface area contributed by atoms with Crippen LogP contribution in [-0.4, -0.2) is 34.7 Å². The zero-order valence-electron chi connectivity index (χ0n) is 13.4. The minimum absolute atomic E-state index is 0.140. The van der Waals surface area contributed by atoms with Crippen LogP contribution < -0.4 is 0 Å². The first-order valence-corrected chi connectivity index (χ1v) is 7.90. The molecule has 0 amide bonds. The van der Waals surface area contributed by atoms with Crippen molar-refractivity contribution in [1.29, 1.82) is 0 Å². The molecule has 112 valence electrons. The lowest BCUT2D eigenvalue weighted by Crippen LogP contribution is -2.54. The third-order valence-corrected chi connectivity index (χ3v) is 4.99. The second kappa shape index (κ2) is 6.28. The lowest BCUT2D eigenvalue weighted by Gasteiger charge is -2.44. The standard InChI is InChI=1S/C18H29NO/c1-14-8-9-16(12-15(14)2)13-17(20)18(3,4)19-10-6-5-7-11-19/h8-9,12,17,20H,5-7,10-11,13H2,1-4H3. The van der Waals surface area contributed by atoms with E-state index >= 15 is 0 Å². The lowest BCUT2D eigenvalue weighted by atomic mass is 9.88. The zero-order chi connectivity index (χ0) is 14.8. The summed E-state index contributed by atoms with van der Waals surface area (Å²) < 4.78 is 0. The Kier molecular flexibility index (Phi) is 4.87. The number of nitrogens with zero attached hydrogens (tertiary/aromatic N) is 1. The number of hydrogen-bond donors (Lipinski definition) is 1. The molecule has 1 saturated heterocycles. The summed E-state index contributed by atoms with van der Waals surface area (Å²) in [5.74, 6) is 0. The number of likely N-dealkylation sites (tertiary alicyclic amines) is 1. The van der Waals surface area contributed by atoms with Crippen molar-refractivity contribution >= 4 is 0 Å². The molecule has 2 heteroatoms. The van der Waals surface area contributed by atoms with Crippen LogP contribution in [0.5, 0.6) is 0 Å². The Bertz CT molecular complexity index is 447. The van der Waals surface area contributed by atoms with Gasteiger partial charge in [-0.25, -0.2) is 0 Å². The fraction of sp³-hybridized carbons (Fsp3) is 0.667. The number of hydrogen-bond acceptors (Lipinski definition) is 2. The largest absolute Gasteiger partial charge is 0.391 e. The van der Waals surface area contributed by atoms with Gasteiger partial charge in [-0.1, -0.05) is 24.6 Å². The zero-order valence-corrected chi connectivity index (χ0v) is 13.4. The van der Waals surface area contributed by atoms with Gasteiger partial charge < -0.3 is 5.11 Å². The van der Waals surface area contributed by atoms with Crippen molar-refractivity contribution < 1.29 is 5.11 Å². The Balaban J connectivity index is 2.05. The first kappa shape index (κ1) is 15.5. The van der Waals surface area contributed by atoms with Gasteiger partial charge in [0.1, 0.15) is 0 Å². The fourth-order valence-electron chi connectivity index (χ4n) is 3.08. The molecule has 1 aromatic carbocycles. The van der Waals surface area contributed by atoms with Crippen LogP contribution in [0.15, 0.2) is 18.2 Å². The summed E-state index contributed by atoms with van der Waals surface area (Å²) in [6, 6.07) is 6.52. The molecule has 1 N–H and O–H groups in total. The Hall–Kier alpha value is -0.860. The summed E-state index contributed by atoms with van der Waals surface area (Å²) in [5.41, 5.74) is 3.73. The maximum absolute atomic E-state index is 10.7. The van der Waals surface area contributed by atoms with Gasteiger partial charge in [0.2, 0.25) is 0 Å². The number of aryl methyl sites for hydroxylation is 2. The van der Waals surface area contributed by atoms with E-state index < -0.39 is 0 Å². The molecule has 0 bridgehead atoms. The monoisotopic (exact) mass is 275 g/mol. The van der Waals surface area contributed by atoms with Crippen molar-refractivity contribution in [3.05, 3.63) is 34.9 Å². The molecular formula is C18H29NO. The van der Waals surface area contributed by atoms with Gasteiger partial charge in [-0.15, -0.1) is 0 Å².